The van der Waals surface area contributed by atoms with Gasteiger partial charge in [0.25, 0.3) is 0 Å². The molecule has 0 aromatic carbocycles. The molecule has 540 valence electrons. The van der Waals surface area contributed by atoms with Crippen molar-refractivity contribution >= 4 is 39.5 Å². The van der Waals surface area contributed by atoms with E-state index in [9.17, 15) is 43.2 Å². The predicted molar refractivity (Wildman–Crippen MR) is 368 cm³/mol. The van der Waals surface area contributed by atoms with Crippen molar-refractivity contribution in [3.8, 4) is 0 Å². The first-order chi connectivity index (χ1) is 43.9. The number of carbonyl (C=O) groups excluding carboxylic acids is 4. The van der Waals surface area contributed by atoms with E-state index in [1.165, 1.54) is 180 Å². The topological polar surface area (TPSA) is 237 Å². The lowest BCUT2D eigenvalue weighted by atomic mass is 9.99. The number of hydrogen-bond donors (Lipinski definition) is 3. The van der Waals surface area contributed by atoms with Crippen LogP contribution in [0.3, 0.4) is 0 Å². The van der Waals surface area contributed by atoms with E-state index < -0.39 is 97.5 Å². The van der Waals surface area contributed by atoms with Crippen molar-refractivity contribution in [3.63, 3.8) is 0 Å². The van der Waals surface area contributed by atoms with Gasteiger partial charge in [-0.05, 0) is 37.5 Å². The lowest BCUT2D eigenvalue weighted by molar-refractivity contribution is -0.161. The van der Waals surface area contributed by atoms with Gasteiger partial charge in [0.05, 0.1) is 26.4 Å². The summed E-state index contributed by atoms with van der Waals surface area (Å²) in [5.74, 6) is -0.526. The first kappa shape index (κ1) is 89.1. The molecule has 0 aromatic heterocycles. The predicted octanol–water partition coefficient (Wildman–Crippen LogP) is 20.8. The van der Waals surface area contributed by atoms with Crippen molar-refractivity contribution in [2.45, 2.75) is 387 Å². The van der Waals surface area contributed by atoms with Gasteiger partial charge in [0.1, 0.15) is 19.3 Å². The average molecular weight is 1340 g/mol. The number of aliphatic hydroxyl groups is 1. The normalized spacial score (nSPS) is 14.4. The molecule has 0 fully saturated rings. The van der Waals surface area contributed by atoms with Crippen molar-refractivity contribution in [1.29, 1.82) is 0 Å². The highest BCUT2D eigenvalue weighted by Crippen LogP contribution is 2.45. The van der Waals surface area contributed by atoms with Crippen LogP contribution in [0, 0.1) is 11.8 Å². The average Bonchev–Trinajstić information content (AvgIpc) is 3.52. The molecule has 6 atom stereocenters. The third-order valence-corrected chi connectivity index (χ3v) is 19.0. The molecule has 3 unspecified atom stereocenters. The molecule has 0 saturated heterocycles. The lowest BCUT2D eigenvalue weighted by Crippen LogP contribution is -2.30. The maximum Gasteiger partial charge on any atom is 0.472 e. The molecule has 0 amide bonds. The highest BCUT2D eigenvalue weighted by atomic mass is 31.2. The zero-order valence-electron chi connectivity index (χ0n) is 59.1. The molecule has 0 heterocycles. The molecule has 0 saturated carbocycles. The molecule has 0 aliphatic heterocycles. The molecule has 0 aliphatic rings. The molecule has 3 N–H and O–H groups in total. The Labute approximate surface area is 556 Å². The molecule has 0 rings (SSSR count). The molecular weight excluding hydrogens is 1200 g/mol. The van der Waals surface area contributed by atoms with Crippen LogP contribution in [0.15, 0.2) is 0 Å². The highest BCUT2D eigenvalue weighted by Gasteiger charge is 2.30. The van der Waals surface area contributed by atoms with Crippen LogP contribution >= 0.6 is 15.6 Å². The molecule has 0 aromatic rings. The summed E-state index contributed by atoms with van der Waals surface area (Å²) in [7, 11) is -9.90. The second-order valence-electron chi connectivity index (χ2n) is 26.7. The number of hydrogen-bond acceptors (Lipinski definition) is 15. The summed E-state index contributed by atoms with van der Waals surface area (Å²) in [4.78, 5) is 72.6. The number of ether oxygens (including phenoxy) is 4. The van der Waals surface area contributed by atoms with Gasteiger partial charge in [0, 0.05) is 25.7 Å². The van der Waals surface area contributed by atoms with Gasteiger partial charge in [-0.15, -0.1) is 0 Å². The summed E-state index contributed by atoms with van der Waals surface area (Å²) >= 11 is 0. The first-order valence-corrected chi connectivity index (χ1v) is 40.5. The van der Waals surface area contributed by atoms with Crippen LogP contribution in [-0.4, -0.2) is 96.7 Å². The molecule has 0 spiro atoms. The molecule has 91 heavy (non-hydrogen) atoms. The molecular formula is C72H140O17P2. The fourth-order valence-corrected chi connectivity index (χ4v) is 12.5. The van der Waals surface area contributed by atoms with Crippen molar-refractivity contribution < 1.29 is 80.2 Å². The monoisotopic (exact) mass is 1340 g/mol. The van der Waals surface area contributed by atoms with Gasteiger partial charge in [0.2, 0.25) is 0 Å². The molecule has 0 radical (unpaired) electrons. The molecule has 0 bridgehead atoms. The van der Waals surface area contributed by atoms with Gasteiger partial charge < -0.3 is 33.8 Å². The Morgan fingerprint density at radius 3 is 0.835 bits per heavy atom. The van der Waals surface area contributed by atoms with Gasteiger partial charge in [-0.3, -0.25) is 37.3 Å². The van der Waals surface area contributed by atoms with Gasteiger partial charge in [-0.25, -0.2) is 9.13 Å². The summed E-state index contributed by atoms with van der Waals surface area (Å²) < 4.78 is 68.3. The Morgan fingerprint density at radius 2 is 0.560 bits per heavy atom. The van der Waals surface area contributed by atoms with Crippen LogP contribution in [0.5, 0.6) is 0 Å². The maximum atomic E-state index is 13.0. The van der Waals surface area contributed by atoms with Crippen LogP contribution in [0.25, 0.3) is 0 Å². The van der Waals surface area contributed by atoms with Gasteiger partial charge >= 0.3 is 39.5 Å². The van der Waals surface area contributed by atoms with Crippen LogP contribution in [0.4, 0.5) is 0 Å². The Bertz CT molecular complexity index is 1770. The van der Waals surface area contributed by atoms with Crippen molar-refractivity contribution in [3.05, 3.63) is 0 Å². The second-order valence-corrected chi connectivity index (χ2v) is 29.6. The zero-order chi connectivity index (χ0) is 67.2. The minimum absolute atomic E-state index is 0.107. The molecule has 19 heteroatoms. The number of carbonyl (C=O) groups is 4. The SMILES string of the molecule is CCCCCCCCCCCCCCCC(=O)O[C@H](COC(=O)CCCCCCCCCC)COP(=O)(O)OC[C@H](O)COP(=O)(O)OC[C@@H](COC(=O)CCCCCCCCCCCCC(C)CC)OC(=O)CCCCCCCCCCCCCCCC(C)C. The minimum atomic E-state index is -4.95. The third kappa shape index (κ3) is 65.1. The zero-order valence-corrected chi connectivity index (χ0v) is 60.9. The lowest BCUT2D eigenvalue weighted by Gasteiger charge is -2.21. The highest BCUT2D eigenvalue weighted by molar-refractivity contribution is 7.47. The fourth-order valence-electron chi connectivity index (χ4n) is 10.9. The Morgan fingerprint density at radius 1 is 0.319 bits per heavy atom. The van der Waals surface area contributed by atoms with E-state index in [4.69, 9.17) is 37.0 Å². The van der Waals surface area contributed by atoms with Gasteiger partial charge in [-0.2, -0.15) is 0 Å². The van der Waals surface area contributed by atoms with E-state index in [-0.39, 0.29) is 25.7 Å². The van der Waals surface area contributed by atoms with Gasteiger partial charge in [-0.1, -0.05) is 318 Å². The number of aliphatic hydroxyl groups excluding tert-OH is 1. The first-order valence-electron chi connectivity index (χ1n) is 37.5. The number of phosphoric ester groups is 2. The third-order valence-electron chi connectivity index (χ3n) is 17.1. The van der Waals surface area contributed by atoms with Gasteiger partial charge in [0.15, 0.2) is 12.2 Å². The van der Waals surface area contributed by atoms with Crippen molar-refractivity contribution in [1.82, 2.24) is 0 Å². The Hall–Kier alpha value is -1.94. The Balaban J connectivity index is 5.23. The van der Waals surface area contributed by atoms with Crippen LogP contribution in [0.2, 0.25) is 0 Å². The largest absolute Gasteiger partial charge is 0.472 e. The van der Waals surface area contributed by atoms with Crippen molar-refractivity contribution in [2.24, 2.45) is 11.8 Å². The quantitative estimate of drug-likeness (QED) is 0.0222. The second kappa shape index (κ2) is 64.1. The summed E-state index contributed by atoms with van der Waals surface area (Å²) in [6.45, 7) is 9.59. The van der Waals surface area contributed by atoms with Crippen LogP contribution in [0.1, 0.15) is 369 Å². The summed E-state index contributed by atoms with van der Waals surface area (Å²) in [6.07, 6.45) is 49.8. The van der Waals surface area contributed by atoms with Crippen LogP contribution in [-0.2, 0) is 65.4 Å². The van der Waals surface area contributed by atoms with E-state index in [0.29, 0.717) is 25.7 Å². The van der Waals surface area contributed by atoms with E-state index in [1.807, 2.05) is 0 Å². The maximum absolute atomic E-state index is 13.0. The van der Waals surface area contributed by atoms with E-state index in [0.717, 1.165) is 108 Å². The fraction of sp³-hybridized carbons (Fsp3) is 0.944. The summed E-state index contributed by atoms with van der Waals surface area (Å²) in [5.41, 5.74) is 0. The smallest absolute Gasteiger partial charge is 0.462 e. The number of esters is 4. The van der Waals surface area contributed by atoms with Crippen molar-refractivity contribution in [2.75, 3.05) is 39.6 Å². The minimum Gasteiger partial charge on any atom is -0.462 e. The number of unbranched alkanes of at least 4 members (excludes halogenated alkanes) is 40. The molecule has 0 aliphatic carbocycles. The number of phosphoric acid groups is 2. The van der Waals surface area contributed by atoms with E-state index in [2.05, 4.69) is 41.5 Å². The molecule has 17 nitrogen and oxygen atoms in total. The standard InChI is InChI=1S/C72H140O17P2/c1-7-10-12-14-16-18-19-21-25-32-38-44-50-56-71(76)88-67(60-82-69(74)54-48-42-36-17-15-13-11-8-2)62-86-90(78,79)84-58-66(73)59-85-91(80,81)87-63-68(61-83-70(75)55-49-43-37-31-28-27-30-35-41-47-53-65(6)9-3)89-72(77)57-51-45-39-33-26-23-20-22-24-29-34-40-46-52-64(4)5/h64-68,73H,7-63H2,1-6H3,(H,78,79)(H,80,81)/t65?,66-,67+,68+/m0/s1. The summed E-state index contributed by atoms with van der Waals surface area (Å²) in [5, 5.41) is 10.6. The van der Waals surface area contributed by atoms with E-state index >= 15 is 0 Å². The number of rotatable bonds is 71. The Kier molecular flexibility index (Phi) is 62.7. The van der Waals surface area contributed by atoms with E-state index in [1.54, 1.807) is 0 Å². The van der Waals surface area contributed by atoms with Crippen LogP contribution < -0.4 is 0 Å². The summed E-state index contributed by atoms with van der Waals surface area (Å²) in [6, 6.07) is 0.